The number of ether oxygens (including phenoxy) is 1. The van der Waals surface area contributed by atoms with E-state index in [-0.39, 0.29) is 29.9 Å². The van der Waals surface area contributed by atoms with Gasteiger partial charge in [-0.3, -0.25) is 14.5 Å². The van der Waals surface area contributed by atoms with Crippen LogP contribution in [0.5, 0.6) is 5.75 Å². The zero-order valence-corrected chi connectivity index (χ0v) is 17.7. The van der Waals surface area contributed by atoms with Crippen LogP contribution in [0.3, 0.4) is 0 Å². The molecule has 158 valence electrons. The third-order valence-electron chi connectivity index (χ3n) is 4.91. The molecule has 0 aliphatic carbocycles. The zero-order valence-electron chi connectivity index (χ0n) is 16.9. The molecule has 0 bridgehead atoms. The molecule has 3 aromatic rings. The summed E-state index contributed by atoms with van der Waals surface area (Å²) in [6.07, 6.45) is 0.450. The standard InChI is InChI=1S/C24H21FN2O3S/c1-2-30-19-11-9-18(10-12-19)26-22-21(20-4-3-15-31-20)23(28)27(24(22)29)14-13-16-5-7-17(25)8-6-16/h3-12,15,26H,2,13-14H2,1H3. The number of nitrogens with zero attached hydrogens (tertiary/aromatic N) is 1. The van der Waals surface area contributed by atoms with E-state index < -0.39 is 0 Å². The van der Waals surface area contributed by atoms with Gasteiger partial charge in [0.05, 0.1) is 12.2 Å². The van der Waals surface area contributed by atoms with Crippen LogP contribution in [0.25, 0.3) is 5.57 Å². The van der Waals surface area contributed by atoms with Gasteiger partial charge in [-0.05, 0) is 66.8 Å². The molecule has 7 heteroatoms. The summed E-state index contributed by atoms with van der Waals surface area (Å²) in [5, 5.41) is 5.00. The minimum atomic E-state index is -0.371. The second kappa shape index (κ2) is 9.14. The Morgan fingerprint density at radius 1 is 1.00 bits per heavy atom. The highest BCUT2D eigenvalue weighted by Gasteiger charge is 2.39. The molecule has 0 atom stereocenters. The van der Waals surface area contributed by atoms with Crippen LogP contribution in [0.2, 0.25) is 0 Å². The molecule has 2 amide bonds. The minimum absolute atomic E-state index is 0.215. The number of hydrogen-bond acceptors (Lipinski definition) is 5. The van der Waals surface area contributed by atoms with Crippen LogP contribution in [0.4, 0.5) is 10.1 Å². The van der Waals surface area contributed by atoms with Crippen LogP contribution in [0.15, 0.2) is 71.7 Å². The molecular weight excluding hydrogens is 415 g/mol. The zero-order chi connectivity index (χ0) is 21.8. The largest absolute Gasteiger partial charge is 0.494 e. The molecule has 0 saturated heterocycles. The fourth-order valence-electron chi connectivity index (χ4n) is 3.38. The summed E-state index contributed by atoms with van der Waals surface area (Å²) >= 11 is 1.41. The third-order valence-corrected chi connectivity index (χ3v) is 5.79. The van der Waals surface area contributed by atoms with Gasteiger partial charge in [0.2, 0.25) is 0 Å². The minimum Gasteiger partial charge on any atom is -0.494 e. The van der Waals surface area contributed by atoms with Crippen LogP contribution >= 0.6 is 11.3 Å². The number of anilines is 1. The number of halogens is 1. The lowest BCUT2D eigenvalue weighted by molar-refractivity contribution is -0.136. The summed E-state index contributed by atoms with van der Waals surface area (Å²) in [5.41, 5.74) is 2.17. The molecule has 4 rings (SSSR count). The summed E-state index contributed by atoms with van der Waals surface area (Å²) in [5.74, 6) is -0.289. The van der Waals surface area contributed by atoms with Crippen molar-refractivity contribution in [1.29, 1.82) is 0 Å². The molecule has 0 saturated carbocycles. The van der Waals surface area contributed by atoms with Crippen LogP contribution < -0.4 is 10.1 Å². The first-order valence-electron chi connectivity index (χ1n) is 9.95. The predicted molar refractivity (Wildman–Crippen MR) is 119 cm³/mol. The number of rotatable bonds is 8. The Morgan fingerprint density at radius 3 is 2.39 bits per heavy atom. The Kier molecular flexibility index (Phi) is 6.13. The van der Waals surface area contributed by atoms with Gasteiger partial charge >= 0.3 is 0 Å². The van der Waals surface area contributed by atoms with Crippen molar-refractivity contribution in [3.63, 3.8) is 0 Å². The highest BCUT2D eigenvalue weighted by Crippen LogP contribution is 2.33. The molecule has 0 spiro atoms. The maximum Gasteiger partial charge on any atom is 0.278 e. The maximum atomic E-state index is 13.2. The summed E-state index contributed by atoms with van der Waals surface area (Å²) in [6, 6.07) is 17.0. The molecule has 0 fully saturated rings. The Bertz CT molecular complexity index is 1110. The van der Waals surface area contributed by atoms with Crippen molar-refractivity contribution in [2.24, 2.45) is 0 Å². The molecule has 31 heavy (non-hydrogen) atoms. The lowest BCUT2D eigenvalue weighted by atomic mass is 10.1. The number of amides is 2. The average Bonchev–Trinajstić information content (AvgIpc) is 3.37. The van der Waals surface area contributed by atoms with Crippen LogP contribution in [0, 0.1) is 5.82 Å². The molecule has 2 heterocycles. The molecule has 1 N–H and O–H groups in total. The lowest BCUT2D eigenvalue weighted by Gasteiger charge is -2.15. The van der Waals surface area contributed by atoms with E-state index in [0.29, 0.717) is 24.3 Å². The number of carbonyl (C=O) groups is 2. The second-order valence-electron chi connectivity index (χ2n) is 6.95. The number of thiophene rings is 1. The smallest absolute Gasteiger partial charge is 0.278 e. The summed E-state index contributed by atoms with van der Waals surface area (Å²) in [6.45, 7) is 2.69. The first-order valence-corrected chi connectivity index (χ1v) is 10.8. The van der Waals surface area contributed by atoms with E-state index in [1.807, 2.05) is 48.7 Å². The maximum absolute atomic E-state index is 13.2. The van der Waals surface area contributed by atoms with Gasteiger partial charge in [-0.2, -0.15) is 0 Å². The van der Waals surface area contributed by atoms with Crippen LogP contribution in [0.1, 0.15) is 17.4 Å². The third kappa shape index (κ3) is 4.51. The quantitative estimate of drug-likeness (QED) is 0.519. The van der Waals surface area contributed by atoms with E-state index in [1.165, 1.54) is 28.4 Å². The summed E-state index contributed by atoms with van der Waals surface area (Å²) in [7, 11) is 0. The Balaban J connectivity index is 1.58. The molecular formula is C24H21FN2O3S. The van der Waals surface area contributed by atoms with Gasteiger partial charge in [-0.25, -0.2) is 4.39 Å². The van der Waals surface area contributed by atoms with Gasteiger partial charge in [-0.1, -0.05) is 18.2 Å². The van der Waals surface area contributed by atoms with E-state index in [4.69, 9.17) is 4.74 Å². The number of nitrogens with one attached hydrogen (secondary N) is 1. The van der Waals surface area contributed by atoms with Gasteiger partial charge in [0.1, 0.15) is 17.3 Å². The second-order valence-corrected chi connectivity index (χ2v) is 7.90. The number of carbonyl (C=O) groups excluding carboxylic acids is 2. The highest BCUT2D eigenvalue weighted by molar-refractivity contribution is 7.11. The first kappa shape index (κ1) is 20.8. The van der Waals surface area contributed by atoms with Crippen molar-refractivity contribution >= 4 is 34.4 Å². The Hall–Kier alpha value is -3.45. The number of hydrogen-bond donors (Lipinski definition) is 1. The van der Waals surface area contributed by atoms with Crippen molar-refractivity contribution in [2.45, 2.75) is 13.3 Å². The SMILES string of the molecule is CCOc1ccc(NC2=C(c3cccs3)C(=O)N(CCc3ccc(F)cc3)C2=O)cc1. The van der Waals surface area contributed by atoms with Crippen molar-refractivity contribution in [2.75, 3.05) is 18.5 Å². The van der Waals surface area contributed by atoms with Crippen LogP contribution in [-0.2, 0) is 16.0 Å². The number of benzene rings is 2. The van der Waals surface area contributed by atoms with Gasteiger partial charge in [-0.15, -0.1) is 11.3 Å². The van der Waals surface area contributed by atoms with Gasteiger partial charge in [0.15, 0.2) is 0 Å². The van der Waals surface area contributed by atoms with Crippen molar-refractivity contribution in [3.05, 3.63) is 88.0 Å². The summed E-state index contributed by atoms with van der Waals surface area (Å²) in [4.78, 5) is 28.3. The fraction of sp³-hybridized carbons (Fsp3) is 0.167. The van der Waals surface area contributed by atoms with E-state index in [1.54, 1.807) is 12.1 Å². The molecule has 0 unspecified atom stereocenters. The molecule has 0 radical (unpaired) electrons. The number of imide groups is 1. The molecule has 5 nitrogen and oxygen atoms in total. The predicted octanol–water partition coefficient (Wildman–Crippen LogP) is 4.72. The topological polar surface area (TPSA) is 58.6 Å². The lowest BCUT2D eigenvalue weighted by Crippen LogP contribution is -2.34. The van der Waals surface area contributed by atoms with Crippen molar-refractivity contribution in [3.8, 4) is 5.75 Å². The van der Waals surface area contributed by atoms with Gasteiger partial charge in [0.25, 0.3) is 11.8 Å². The molecule has 1 aliphatic heterocycles. The van der Waals surface area contributed by atoms with Crippen molar-refractivity contribution in [1.82, 2.24) is 4.90 Å². The fourth-order valence-corrected chi connectivity index (χ4v) is 4.15. The van der Waals surface area contributed by atoms with Crippen molar-refractivity contribution < 1.29 is 18.7 Å². The normalized spacial score (nSPS) is 13.8. The van der Waals surface area contributed by atoms with E-state index in [9.17, 15) is 14.0 Å². The first-order chi connectivity index (χ1) is 15.1. The Morgan fingerprint density at radius 2 is 1.74 bits per heavy atom. The van der Waals surface area contributed by atoms with Gasteiger partial charge < -0.3 is 10.1 Å². The summed E-state index contributed by atoms with van der Waals surface area (Å²) < 4.78 is 18.6. The highest BCUT2D eigenvalue weighted by atomic mass is 32.1. The monoisotopic (exact) mass is 436 g/mol. The van der Waals surface area contributed by atoms with E-state index >= 15 is 0 Å². The molecule has 2 aromatic carbocycles. The molecule has 1 aliphatic rings. The Labute approximate surface area is 183 Å². The van der Waals surface area contributed by atoms with E-state index in [0.717, 1.165) is 16.2 Å². The molecule has 1 aromatic heterocycles. The van der Waals surface area contributed by atoms with Gasteiger partial charge in [0, 0.05) is 17.1 Å². The van der Waals surface area contributed by atoms with Crippen LogP contribution in [-0.4, -0.2) is 29.9 Å². The van der Waals surface area contributed by atoms with E-state index in [2.05, 4.69) is 5.32 Å². The average molecular weight is 437 g/mol.